The van der Waals surface area contributed by atoms with Crippen LogP contribution in [0.5, 0.6) is 11.8 Å². The number of nitrogens with zero attached hydrogens (tertiary/aromatic N) is 4. The molecule has 14 nitrogen and oxygen atoms in total. The van der Waals surface area contributed by atoms with Gasteiger partial charge in [-0.2, -0.15) is 13.0 Å². The first-order valence-electron chi connectivity index (χ1n) is 18.0. The van der Waals surface area contributed by atoms with Crippen molar-refractivity contribution in [2.75, 3.05) is 31.3 Å². The number of benzene rings is 2. The number of carbonyl (C=O) groups excluding carboxylic acids is 2. The highest BCUT2D eigenvalue weighted by Crippen LogP contribution is 2.44. The Hall–Kier alpha value is -5.54. The van der Waals surface area contributed by atoms with Crippen LogP contribution in [-0.4, -0.2) is 88.6 Å². The summed E-state index contributed by atoms with van der Waals surface area (Å²) in [6, 6.07) is 16.3. The van der Waals surface area contributed by atoms with Gasteiger partial charge < -0.3 is 25.3 Å². The first-order chi connectivity index (χ1) is 25.8. The molecule has 2 aliphatic rings. The quantitative estimate of drug-likeness (QED) is 0.0928. The largest absolute Gasteiger partial charge is 0.492 e. The third kappa shape index (κ3) is 7.45. The molecule has 290 valence electrons. The molecule has 4 aromatic rings. The first kappa shape index (κ1) is 39.2. The molecule has 15 heteroatoms. The zero-order valence-electron chi connectivity index (χ0n) is 31.6. The molecule has 6 rings (SSSR count). The topological polar surface area (TPSA) is 191 Å². The number of likely N-dealkylation sites (N-methyl/N-ethyl adjacent to an activating group) is 1. The third-order valence-electron chi connectivity index (χ3n) is 10.7. The fourth-order valence-electron chi connectivity index (χ4n) is 7.76. The molecule has 0 aliphatic carbocycles. The number of aromatic nitrogens is 1. The summed E-state index contributed by atoms with van der Waals surface area (Å²) in [6.07, 6.45) is 3.99. The van der Waals surface area contributed by atoms with Gasteiger partial charge in [-0.3, -0.25) is 19.1 Å². The van der Waals surface area contributed by atoms with Crippen molar-refractivity contribution in [2.24, 2.45) is 4.99 Å². The van der Waals surface area contributed by atoms with E-state index in [0.29, 0.717) is 4.73 Å². The number of aromatic hydroxyl groups is 2. The summed E-state index contributed by atoms with van der Waals surface area (Å²) in [6.45, 7) is 8.29. The zero-order valence-corrected chi connectivity index (χ0v) is 32.4. The number of nitrogens with one attached hydrogen (secondary N) is 1. The molecule has 0 bridgehead atoms. The average molecular weight is 773 g/mol. The molecule has 4 N–H and O–H groups in total. The monoisotopic (exact) mass is 772 g/mol. The first-order valence-corrected chi connectivity index (χ1v) is 19.6. The molecule has 1 amide bonds. The van der Waals surface area contributed by atoms with Gasteiger partial charge in [0.1, 0.15) is 18.8 Å². The summed E-state index contributed by atoms with van der Waals surface area (Å²) >= 11 is 0. The minimum absolute atomic E-state index is 0.0256. The van der Waals surface area contributed by atoms with E-state index in [1.54, 1.807) is 6.08 Å². The Morgan fingerprint density at radius 1 is 0.982 bits per heavy atom. The number of fused-ring (bicyclic) bond motifs is 2. The maximum atomic E-state index is 14.2. The van der Waals surface area contributed by atoms with Crippen molar-refractivity contribution >= 4 is 51.2 Å². The summed E-state index contributed by atoms with van der Waals surface area (Å²) in [4.78, 5) is 51.6. The standard InChI is InChI=1S/C40H45N5O9S/c1-39(2)26-13-7-9-15-29(26)43(5)31(39)21-24-36(25(37(24)49)22-32-40(3,4)27-14-8-10-16-30(27)44(32)6)42-28(23-55(51,52)53)38(50)41-20-12-11-17-35(48)54-45-33(46)18-19-34(45)47/h7-10,13-16,18-19,21-22,28,31H,11-12,17,20,23H2,1-6H3,(H3,41,42,49,50,51,52,53)/p+1/b24-21-. The number of amides is 1. The molecule has 1 aromatic heterocycles. The Bertz CT molecular complexity index is 2520. The number of rotatable bonds is 12. The van der Waals surface area contributed by atoms with Gasteiger partial charge in [0.15, 0.2) is 11.1 Å². The van der Waals surface area contributed by atoms with Crippen molar-refractivity contribution in [1.29, 1.82) is 0 Å². The second-order valence-corrected chi connectivity index (χ2v) is 16.6. The molecule has 2 atom stereocenters. The molecule has 55 heavy (non-hydrogen) atoms. The van der Waals surface area contributed by atoms with Crippen molar-refractivity contribution in [3.8, 4) is 11.8 Å². The maximum Gasteiger partial charge on any atom is 0.333 e. The molecule has 2 aliphatic heterocycles. The van der Waals surface area contributed by atoms with Crippen LogP contribution in [0.15, 0.2) is 70.5 Å². The third-order valence-corrected chi connectivity index (χ3v) is 11.5. The highest BCUT2D eigenvalue weighted by molar-refractivity contribution is 7.85. The van der Waals surface area contributed by atoms with Crippen LogP contribution in [0.4, 0.5) is 11.4 Å². The van der Waals surface area contributed by atoms with Crippen LogP contribution in [0.3, 0.4) is 0 Å². The molecule has 0 fully saturated rings. The molecule has 2 unspecified atom stereocenters. The maximum absolute atomic E-state index is 14.2. The highest BCUT2D eigenvalue weighted by atomic mass is 32.2. The molecular weight excluding hydrogens is 727 g/mol. The number of carbonyl (C=O) groups is 2. The van der Waals surface area contributed by atoms with Gasteiger partial charge in [0, 0.05) is 66.2 Å². The van der Waals surface area contributed by atoms with Gasteiger partial charge in [-0.1, -0.05) is 50.2 Å². The lowest BCUT2D eigenvalue weighted by molar-refractivity contribution is -0.400. The predicted octanol–water partition coefficient (Wildman–Crippen LogP) is 1.30. The van der Waals surface area contributed by atoms with Gasteiger partial charge in [0.25, 0.3) is 10.1 Å². The second-order valence-electron chi connectivity index (χ2n) is 15.1. The lowest BCUT2D eigenvalue weighted by Crippen LogP contribution is -2.67. The minimum atomic E-state index is -4.71. The lowest BCUT2D eigenvalue weighted by atomic mass is 9.79. The number of hydrogen-bond donors (Lipinski definition) is 4. The highest BCUT2D eigenvalue weighted by Gasteiger charge is 2.44. The molecule has 0 spiro atoms. The van der Waals surface area contributed by atoms with E-state index in [4.69, 9.17) is 4.84 Å². The average Bonchev–Trinajstić information content (AvgIpc) is 3.62. The number of hydrogen-bond acceptors (Lipinski definition) is 10. The van der Waals surface area contributed by atoms with Crippen LogP contribution in [0.1, 0.15) is 58.1 Å². The van der Waals surface area contributed by atoms with Crippen molar-refractivity contribution in [3.05, 3.63) is 97.8 Å². The Kier molecular flexibility index (Phi) is 10.4. The fraction of sp³-hybridized carbons (Fsp3) is 0.375. The van der Waals surface area contributed by atoms with E-state index in [2.05, 4.69) is 29.1 Å². The number of anilines is 1. The summed E-state index contributed by atoms with van der Waals surface area (Å²) in [7, 11) is -0.864. The Morgan fingerprint density at radius 3 is 2.25 bits per heavy atom. The molecule has 0 saturated heterocycles. The van der Waals surface area contributed by atoms with Gasteiger partial charge >= 0.3 is 5.97 Å². The van der Waals surface area contributed by atoms with Gasteiger partial charge in [-0.05, 0) is 44.4 Å². The van der Waals surface area contributed by atoms with Crippen LogP contribution in [0.25, 0.3) is 12.2 Å². The molecular formula is C40H46N5O9S+. The van der Waals surface area contributed by atoms with E-state index >= 15 is 0 Å². The second kappa shape index (κ2) is 14.6. The van der Waals surface area contributed by atoms with Crippen molar-refractivity contribution < 1.29 is 42.2 Å². The zero-order chi connectivity index (χ0) is 40.0. The summed E-state index contributed by atoms with van der Waals surface area (Å²) in [5.74, 6) is -3.48. The van der Waals surface area contributed by atoms with Gasteiger partial charge in [0.2, 0.25) is 23.4 Å². The molecule has 3 aromatic carbocycles. The molecule has 0 saturated carbocycles. The number of para-hydroxylation sites is 2. The fourth-order valence-corrected chi connectivity index (χ4v) is 8.38. The van der Waals surface area contributed by atoms with Gasteiger partial charge in [-0.25, -0.2) is 4.79 Å². The Balaban J connectivity index is 1.35. The smallest absolute Gasteiger partial charge is 0.333 e. The Labute approximate surface area is 318 Å². The molecule has 3 heterocycles. The molecule has 0 radical (unpaired) electrons. The lowest BCUT2D eigenvalue weighted by Gasteiger charge is -2.29. The Morgan fingerprint density at radius 2 is 1.62 bits per heavy atom. The van der Waals surface area contributed by atoms with Crippen LogP contribution < -0.4 is 36.3 Å². The summed E-state index contributed by atoms with van der Waals surface area (Å²) < 4.78 is 37.0. The van der Waals surface area contributed by atoms with Crippen LogP contribution in [-0.2, 0) is 30.5 Å². The van der Waals surface area contributed by atoms with E-state index in [9.17, 15) is 37.6 Å². The summed E-state index contributed by atoms with van der Waals surface area (Å²) in [5.41, 5.74) is 3.74. The van der Waals surface area contributed by atoms with E-state index in [0.717, 1.165) is 40.3 Å². The normalized spacial score (nSPS) is 18.9. The minimum Gasteiger partial charge on any atom is -0.492 e. The van der Waals surface area contributed by atoms with Crippen LogP contribution in [0.2, 0.25) is 0 Å². The van der Waals surface area contributed by atoms with Crippen molar-refractivity contribution in [1.82, 2.24) is 10.0 Å². The van der Waals surface area contributed by atoms with E-state index in [1.165, 1.54) is 0 Å². The number of unbranched alkanes of at least 4 members (excludes halogenated alkanes) is 1. The van der Waals surface area contributed by atoms with Crippen molar-refractivity contribution in [2.45, 2.75) is 69.9 Å². The van der Waals surface area contributed by atoms with E-state index < -0.39 is 56.4 Å². The van der Waals surface area contributed by atoms with Crippen molar-refractivity contribution in [3.63, 3.8) is 0 Å². The van der Waals surface area contributed by atoms with Gasteiger partial charge in [-0.15, -0.1) is 4.73 Å². The van der Waals surface area contributed by atoms with Crippen LogP contribution >= 0.6 is 0 Å². The van der Waals surface area contributed by atoms with Gasteiger partial charge in [0.05, 0.1) is 22.0 Å². The van der Waals surface area contributed by atoms with Crippen LogP contribution in [0, 0.1) is 0 Å². The SMILES string of the molecule is CN1c2ccccc2C(C)(C)C1/C=c1\c(=O)/c(=C\C2=[N+](C)c3ccccc3C2(C)C)c1=NC(CS(=O)(=O)O)C(=O)NCCCCC(=O)On1c(O)ccc1O. The van der Waals surface area contributed by atoms with E-state index in [1.807, 2.05) is 87.1 Å². The summed E-state index contributed by atoms with van der Waals surface area (Å²) in [5, 5.41) is 22.6. The predicted molar refractivity (Wildman–Crippen MR) is 207 cm³/mol. The van der Waals surface area contributed by atoms with E-state index in [-0.39, 0.29) is 53.1 Å².